The molecule has 1 rings (SSSR count). The van der Waals surface area contributed by atoms with E-state index >= 15 is 0 Å². The smallest absolute Gasteiger partial charge is 0.137 e. The van der Waals surface area contributed by atoms with E-state index in [2.05, 4.69) is 24.1 Å². The molecule has 1 N–H and O–H groups in total. The van der Waals surface area contributed by atoms with Crippen LogP contribution in [0.2, 0.25) is 0 Å². The molecule has 2 atom stereocenters. The molecule has 1 heterocycles. The van der Waals surface area contributed by atoms with Crippen LogP contribution in [0.25, 0.3) is 0 Å². The number of nitrogens with zero attached hydrogens (tertiary/aromatic N) is 1. The van der Waals surface area contributed by atoms with Gasteiger partial charge in [-0.05, 0) is 31.5 Å². The summed E-state index contributed by atoms with van der Waals surface area (Å²) in [6.07, 6.45) is 5.69. The number of hydrogen-bond donors (Lipinski definition) is 1. The number of pyridine rings is 1. The van der Waals surface area contributed by atoms with Crippen molar-refractivity contribution in [2.45, 2.75) is 38.8 Å². The fourth-order valence-corrected chi connectivity index (χ4v) is 2.01. The summed E-state index contributed by atoms with van der Waals surface area (Å²) >= 11 is 0. The largest absolute Gasteiger partial charge is 0.492 e. The van der Waals surface area contributed by atoms with Crippen LogP contribution in [0.4, 0.5) is 0 Å². The van der Waals surface area contributed by atoms with E-state index in [0.717, 1.165) is 30.8 Å². The van der Waals surface area contributed by atoms with Crippen LogP contribution < -0.4 is 10.1 Å². The average Bonchev–Trinajstić information content (AvgIpc) is 2.42. The Morgan fingerprint density at radius 3 is 2.67 bits per heavy atom. The average molecular weight is 252 g/mol. The minimum atomic E-state index is 0.137. The molecule has 4 nitrogen and oxygen atoms in total. The zero-order chi connectivity index (χ0) is 13.4. The molecule has 102 valence electrons. The summed E-state index contributed by atoms with van der Waals surface area (Å²) in [6, 6.07) is 2.17. The van der Waals surface area contributed by atoms with Crippen LogP contribution in [0.3, 0.4) is 0 Å². The molecule has 0 saturated heterocycles. The van der Waals surface area contributed by atoms with Crippen LogP contribution >= 0.6 is 0 Å². The van der Waals surface area contributed by atoms with Gasteiger partial charge in [0, 0.05) is 13.3 Å². The minimum absolute atomic E-state index is 0.137. The molecule has 0 aliphatic heterocycles. The van der Waals surface area contributed by atoms with Crippen molar-refractivity contribution in [2.75, 3.05) is 20.8 Å². The number of aromatic nitrogens is 1. The van der Waals surface area contributed by atoms with E-state index in [9.17, 15) is 0 Å². The molecule has 18 heavy (non-hydrogen) atoms. The quantitative estimate of drug-likeness (QED) is 0.772. The van der Waals surface area contributed by atoms with Crippen LogP contribution in [-0.4, -0.2) is 31.9 Å². The van der Waals surface area contributed by atoms with E-state index in [1.54, 1.807) is 13.3 Å². The number of ether oxygens (including phenoxy) is 2. The van der Waals surface area contributed by atoms with Gasteiger partial charge in [-0.25, -0.2) is 0 Å². The van der Waals surface area contributed by atoms with Crippen molar-refractivity contribution in [1.29, 1.82) is 0 Å². The van der Waals surface area contributed by atoms with E-state index in [-0.39, 0.29) is 12.1 Å². The summed E-state index contributed by atoms with van der Waals surface area (Å²) in [5, 5.41) is 3.28. The zero-order valence-corrected chi connectivity index (χ0v) is 11.8. The van der Waals surface area contributed by atoms with Gasteiger partial charge in [0.25, 0.3) is 0 Å². The molecule has 0 spiro atoms. The van der Waals surface area contributed by atoms with Gasteiger partial charge in [0.2, 0.25) is 0 Å². The third-order valence-corrected chi connectivity index (χ3v) is 2.95. The summed E-state index contributed by atoms with van der Waals surface area (Å²) in [4.78, 5) is 4.24. The molecule has 1 aromatic heterocycles. The molecular weight excluding hydrogens is 228 g/mol. The Morgan fingerprint density at radius 1 is 1.33 bits per heavy atom. The van der Waals surface area contributed by atoms with Gasteiger partial charge in [-0.15, -0.1) is 0 Å². The maximum atomic E-state index is 5.61. The summed E-state index contributed by atoms with van der Waals surface area (Å²) < 4.78 is 11.1. The first kappa shape index (κ1) is 14.9. The maximum absolute atomic E-state index is 5.61. The Hall–Kier alpha value is -1.13. The highest BCUT2D eigenvalue weighted by atomic mass is 16.5. The predicted octanol–water partition coefficient (Wildman–Crippen LogP) is 2.56. The Balaban J connectivity index is 2.84. The first-order chi connectivity index (χ1) is 8.76. The lowest BCUT2D eigenvalue weighted by Crippen LogP contribution is -2.30. The molecule has 0 bridgehead atoms. The maximum Gasteiger partial charge on any atom is 0.137 e. The van der Waals surface area contributed by atoms with Crippen molar-refractivity contribution in [3.05, 3.63) is 24.0 Å². The first-order valence-corrected chi connectivity index (χ1v) is 6.54. The number of rotatable bonds is 8. The van der Waals surface area contributed by atoms with Crippen molar-refractivity contribution in [1.82, 2.24) is 10.3 Å². The number of likely N-dealkylation sites (N-methyl/N-ethyl adjacent to an activating group) is 1. The Labute approximate surface area is 110 Å². The fourth-order valence-electron chi connectivity index (χ4n) is 2.01. The highest BCUT2D eigenvalue weighted by Gasteiger charge is 2.20. The van der Waals surface area contributed by atoms with Crippen LogP contribution in [0.1, 0.15) is 38.3 Å². The van der Waals surface area contributed by atoms with Crippen LogP contribution in [0, 0.1) is 0 Å². The number of hydrogen-bond acceptors (Lipinski definition) is 4. The van der Waals surface area contributed by atoms with Crippen LogP contribution in [-0.2, 0) is 4.74 Å². The molecule has 0 amide bonds. The predicted molar refractivity (Wildman–Crippen MR) is 72.9 cm³/mol. The summed E-state index contributed by atoms with van der Waals surface area (Å²) in [5.41, 5.74) is 1.10. The van der Waals surface area contributed by atoms with Gasteiger partial charge >= 0.3 is 0 Å². The molecule has 0 aliphatic carbocycles. The number of methoxy groups -OCH3 is 1. The molecule has 0 aliphatic rings. The monoisotopic (exact) mass is 252 g/mol. The molecule has 0 radical (unpaired) electrons. The topological polar surface area (TPSA) is 43.4 Å². The van der Waals surface area contributed by atoms with Crippen LogP contribution in [0.5, 0.6) is 5.75 Å². The Bertz CT molecular complexity index is 340. The Kier molecular flexibility index (Phi) is 6.68. The van der Waals surface area contributed by atoms with E-state index in [1.807, 2.05) is 19.3 Å². The summed E-state index contributed by atoms with van der Waals surface area (Å²) in [6.45, 7) is 4.92. The molecule has 4 heteroatoms. The normalized spacial score (nSPS) is 14.2. The lowest BCUT2D eigenvalue weighted by Gasteiger charge is -2.25. The van der Waals surface area contributed by atoms with Crippen molar-refractivity contribution >= 4 is 0 Å². The zero-order valence-electron chi connectivity index (χ0n) is 11.8. The van der Waals surface area contributed by atoms with Gasteiger partial charge in [0.05, 0.1) is 24.9 Å². The molecule has 0 saturated carbocycles. The van der Waals surface area contributed by atoms with Gasteiger partial charge in [-0.1, -0.05) is 13.8 Å². The second-order valence-corrected chi connectivity index (χ2v) is 4.25. The van der Waals surface area contributed by atoms with Crippen molar-refractivity contribution in [3.63, 3.8) is 0 Å². The summed E-state index contributed by atoms with van der Waals surface area (Å²) in [7, 11) is 3.68. The van der Waals surface area contributed by atoms with E-state index in [4.69, 9.17) is 9.47 Å². The molecule has 0 aromatic carbocycles. The van der Waals surface area contributed by atoms with E-state index in [0.29, 0.717) is 0 Å². The van der Waals surface area contributed by atoms with Crippen molar-refractivity contribution < 1.29 is 9.47 Å². The minimum Gasteiger partial charge on any atom is -0.492 e. The molecule has 1 aromatic rings. The first-order valence-electron chi connectivity index (χ1n) is 6.54. The lowest BCUT2D eigenvalue weighted by atomic mass is 10.0. The highest BCUT2D eigenvalue weighted by molar-refractivity contribution is 5.26. The molecule has 0 fully saturated rings. The fraction of sp³-hybridized carbons (Fsp3) is 0.643. The lowest BCUT2D eigenvalue weighted by molar-refractivity contribution is 0.0674. The van der Waals surface area contributed by atoms with Gasteiger partial charge < -0.3 is 14.8 Å². The SMILES string of the molecule is CCCOc1cncc(C(NC)C(CC)OC)c1. The highest BCUT2D eigenvalue weighted by Crippen LogP contribution is 2.23. The van der Waals surface area contributed by atoms with Crippen molar-refractivity contribution in [2.24, 2.45) is 0 Å². The van der Waals surface area contributed by atoms with Gasteiger partial charge in [-0.3, -0.25) is 4.98 Å². The number of nitrogens with one attached hydrogen (secondary N) is 1. The second kappa shape index (κ2) is 8.06. The van der Waals surface area contributed by atoms with Gasteiger partial charge in [-0.2, -0.15) is 0 Å². The van der Waals surface area contributed by atoms with Crippen molar-refractivity contribution in [3.8, 4) is 5.75 Å². The standard InChI is InChI=1S/C14H24N2O2/c1-5-7-18-12-8-11(9-16-10-12)14(15-3)13(6-2)17-4/h8-10,13-15H,5-7H2,1-4H3. The van der Waals surface area contributed by atoms with Gasteiger partial charge in [0.15, 0.2) is 0 Å². The van der Waals surface area contributed by atoms with E-state index in [1.165, 1.54) is 0 Å². The molecule has 2 unspecified atom stereocenters. The summed E-state index contributed by atoms with van der Waals surface area (Å²) in [5.74, 6) is 0.820. The van der Waals surface area contributed by atoms with Crippen LogP contribution in [0.15, 0.2) is 18.5 Å². The third-order valence-electron chi connectivity index (χ3n) is 2.95. The Morgan fingerprint density at radius 2 is 2.11 bits per heavy atom. The van der Waals surface area contributed by atoms with Gasteiger partial charge in [0.1, 0.15) is 5.75 Å². The molecular formula is C14H24N2O2. The third kappa shape index (κ3) is 3.96. The van der Waals surface area contributed by atoms with E-state index < -0.39 is 0 Å². The second-order valence-electron chi connectivity index (χ2n) is 4.25.